The average molecular weight is 180 g/mol. The second kappa shape index (κ2) is 3.95. The number of hydrogen-bond donors (Lipinski definition) is 1. The minimum atomic E-state index is 0.0232. The molecule has 0 aliphatic carbocycles. The second-order valence-electron chi connectivity index (χ2n) is 4.38. The summed E-state index contributed by atoms with van der Waals surface area (Å²) in [6.45, 7) is 8.68. The molecule has 1 aliphatic heterocycles. The predicted octanol–water partition coefficient (Wildman–Crippen LogP) is 2.72. The van der Waals surface area contributed by atoms with Gasteiger partial charge in [0.15, 0.2) is 0 Å². The van der Waals surface area contributed by atoms with E-state index in [-0.39, 0.29) is 5.54 Å². The highest BCUT2D eigenvalue weighted by Gasteiger charge is 2.18. The van der Waals surface area contributed by atoms with Crippen LogP contribution < -0.4 is 5.32 Å². The highest BCUT2D eigenvalue weighted by molar-refractivity contribution is 5.71. The van der Waals surface area contributed by atoms with Crippen LogP contribution in [0.1, 0.15) is 40.5 Å². The third kappa shape index (κ3) is 2.87. The molecule has 0 aromatic carbocycles. The van der Waals surface area contributed by atoms with Crippen LogP contribution in [0.15, 0.2) is 16.9 Å². The summed E-state index contributed by atoms with van der Waals surface area (Å²) in [5, 5.41) is 3.34. The van der Waals surface area contributed by atoms with E-state index in [0.717, 1.165) is 0 Å². The first-order chi connectivity index (χ1) is 6.05. The molecule has 1 heterocycles. The van der Waals surface area contributed by atoms with E-state index in [1.54, 1.807) is 0 Å². The molecule has 0 spiro atoms. The smallest absolute Gasteiger partial charge is 0.0666 e. The van der Waals surface area contributed by atoms with E-state index in [0.29, 0.717) is 5.92 Å². The number of aliphatic imine (C=N–C) groups is 1. The zero-order valence-corrected chi connectivity index (χ0v) is 9.09. The number of hydrogen-bond acceptors (Lipinski definition) is 2. The van der Waals surface area contributed by atoms with Crippen LogP contribution in [0.5, 0.6) is 0 Å². The Morgan fingerprint density at radius 2 is 2.23 bits per heavy atom. The largest absolute Gasteiger partial charge is 0.380 e. The van der Waals surface area contributed by atoms with Crippen molar-refractivity contribution in [3.63, 3.8) is 0 Å². The summed E-state index contributed by atoms with van der Waals surface area (Å²) in [4.78, 5) is 4.47. The van der Waals surface area contributed by atoms with E-state index in [1.165, 1.54) is 18.5 Å². The molecule has 1 aliphatic rings. The Bertz CT molecular complexity index is 226. The van der Waals surface area contributed by atoms with Crippen molar-refractivity contribution in [1.29, 1.82) is 0 Å². The van der Waals surface area contributed by atoms with Crippen LogP contribution in [0.3, 0.4) is 0 Å². The van der Waals surface area contributed by atoms with Gasteiger partial charge in [0, 0.05) is 12.4 Å². The van der Waals surface area contributed by atoms with Crippen LogP contribution in [0, 0.1) is 5.92 Å². The quantitative estimate of drug-likeness (QED) is 0.709. The maximum Gasteiger partial charge on any atom is 0.0666 e. The Kier molecular flexibility index (Phi) is 3.12. The lowest BCUT2D eigenvalue weighted by Crippen LogP contribution is -2.39. The number of allylic oxidation sites excluding steroid dienone is 1. The third-order valence-electron chi connectivity index (χ3n) is 2.36. The molecular weight excluding hydrogens is 160 g/mol. The first kappa shape index (κ1) is 10.3. The maximum atomic E-state index is 4.47. The number of nitrogens with zero attached hydrogens (tertiary/aromatic N) is 1. The normalized spacial score (nSPS) is 22.0. The summed E-state index contributed by atoms with van der Waals surface area (Å²) in [5.41, 5.74) is 1.20. The van der Waals surface area contributed by atoms with Gasteiger partial charge in [-0.25, -0.2) is 0 Å². The van der Waals surface area contributed by atoms with Gasteiger partial charge in [-0.1, -0.05) is 20.3 Å². The summed E-state index contributed by atoms with van der Waals surface area (Å²) in [5.74, 6) is 0.574. The van der Waals surface area contributed by atoms with E-state index in [4.69, 9.17) is 0 Å². The summed E-state index contributed by atoms with van der Waals surface area (Å²) in [6.07, 6.45) is 6.48. The molecule has 0 aromatic rings. The standard InChI is InChI=1S/C11H20N2/c1-5-6-9(2)10-7-13-11(3,4)8-12-10/h7-9,13H,5-6H2,1-4H3. The van der Waals surface area contributed by atoms with Gasteiger partial charge in [-0.15, -0.1) is 0 Å². The highest BCUT2D eigenvalue weighted by atomic mass is 15.0. The zero-order chi connectivity index (χ0) is 9.90. The average Bonchev–Trinajstić information content (AvgIpc) is 2.04. The molecule has 1 unspecified atom stereocenters. The van der Waals surface area contributed by atoms with E-state index in [1.807, 2.05) is 6.21 Å². The van der Waals surface area contributed by atoms with Crippen LogP contribution in [-0.4, -0.2) is 11.8 Å². The summed E-state index contributed by atoms with van der Waals surface area (Å²) >= 11 is 0. The van der Waals surface area contributed by atoms with Crippen molar-refractivity contribution in [1.82, 2.24) is 5.32 Å². The van der Waals surface area contributed by atoms with Crippen LogP contribution >= 0.6 is 0 Å². The van der Waals surface area contributed by atoms with Crippen molar-refractivity contribution in [2.45, 2.75) is 46.1 Å². The van der Waals surface area contributed by atoms with Crippen molar-refractivity contribution in [2.24, 2.45) is 10.9 Å². The van der Waals surface area contributed by atoms with Crippen LogP contribution in [0.4, 0.5) is 0 Å². The Balaban J connectivity index is 2.56. The van der Waals surface area contributed by atoms with Crippen LogP contribution in [0.2, 0.25) is 0 Å². The molecule has 0 bridgehead atoms. The zero-order valence-electron chi connectivity index (χ0n) is 9.09. The Morgan fingerprint density at radius 1 is 1.54 bits per heavy atom. The minimum Gasteiger partial charge on any atom is -0.380 e. The SMILES string of the molecule is CCCC(C)C1=CNC(C)(C)C=N1. The van der Waals surface area contributed by atoms with E-state index >= 15 is 0 Å². The van der Waals surface area contributed by atoms with Crippen molar-refractivity contribution in [3.05, 3.63) is 11.9 Å². The van der Waals surface area contributed by atoms with Gasteiger partial charge in [0.1, 0.15) is 0 Å². The molecular formula is C11H20N2. The molecule has 1 atom stereocenters. The van der Waals surface area contributed by atoms with Crippen molar-refractivity contribution in [3.8, 4) is 0 Å². The summed E-state index contributed by atoms with van der Waals surface area (Å²) < 4.78 is 0. The molecule has 1 rings (SSSR count). The maximum absolute atomic E-state index is 4.47. The molecule has 0 radical (unpaired) electrons. The third-order valence-corrected chi connectivity index (χ3v) is 2.36. The van der Waals surface area contributed by atoms with Crippen LogP contribution in [-0.2, 0) is 0 Å². The van der Waals surface area contributed by atoms with Gasteiger partial charge in [0.05, 0.1) is 11.2 Å². The lowest BCUT2D eigenvalue weighted by atomic mass is 10.00. The van der Waals surface area contributed by atoms with Crippen molar-refractivity contribution >= 4 is 6.21 Å². The van der Waals surface area contributed by atoms with E-state index in [9.17, 15) is 0 Å². The van der Waals surface area contributed by atoms with E-state index in [2.05, 4.69) is 44.2 Å². The first-order valence-corrected chi connectivity index (χ1v) is 5.08. The van der Waals surface area contributed by atoms with Gasteiger partial charge in [-0.3, -0.25) is 4.99 Å². The predicted molar refractivity (Wildman–Crippen MR) is 57.9 cm³/mol. The van der Waals surface area contributed by atoms with Gasteiger partial charge < -0.3 is 5.32 Å². The number of nitrogens with one attached hydrogen (secondary N) is 1. The van der Waals surface area contributed by atoms with Gasteiger partial charge >= 0.3 is 0 Å². The fraction of sp³-hybridized carbons (Fsp3) is 0.727. The highest BCUT2D eigenvalue weighted by Crippen LogP contribution is 2.20. The molecule has 0 aromatic heterocycles. The van der Waals surface area contributed by atoms with Crippen molar-refractivity contribution in [2.75, 3.05) is 0 Å². The first-order valence-electron chi connectivity index (χ1n) is 5.08. The molecule has 2 heteroatoms. The monoisotopic (exact) mass is 180 g/mol. The Morgan fingerprint density at radius 3 is 2.69 bits per heavy atom. The Labute approximate surface area is 81.1 Å². The Hall–Kier alpha value is -0.790. The molecule has 0 amide bonds. The lowest BCUT2D eigenvalue weighted by Gasteiger charge is -2.26. The topological polar surface area (TPSA) is 24.4 Å². The molecule has 2 nitrogen and oxygen atoms in total. The summed E-state index contributed by atoms with van der Waals surface area (Å²) in [7, 11) is 0. The molecule has 0 saturated carbocycles. The fourth-order valence-corrected chi connectivity index (χ4v) is 1.42. The molecule has 13 heavy (non-hydrogen) atoms. The molecule has 0 saturated heterocycles. The lowest BCUT2D eigenvalue weighted by molar-refractivity contribution is 0.546. The molecule has 74 valence electrons. The molecule has 0 fully saturated rings. The van der Waals surface area contributed by atoms with Gasteiger partial charge in [-0.05, 0) is 26.2 Å². The summed E-state index contributed by atoms with van der Waals surface area (Å²) in [6, 6.07) is 0. The fourth-order valence-electron chi connectivity index (χ4n) is 1.42. The minimum absolute atomic E-state index is 0.0232. The van der Waals surface area contributed by atoms with Crippen molar-refractivity contribution < 1.29 is 0 Å². The second-order valence-corrected chi connectivity index (χ2v) is 4.38. The van der Waals surface area contributed by atoms with Gasteiger partial charge in [0.25, 0.3) is 0 Å². The number of rotatable bonds is 3. The molecule has 1 N–H and O–H groups in total. The van der Waals surface area contributed by atoms with Crippen LogP contribution in [0.25, 0.3) is 0 Å². The van der Waals surface area contributed by atoms with Gasteiger partial charge in [-0.2, -0.15) is 0 Å². The van der Waals surface area contributed by atoms with Gasteiger partial charge in [0.2, 0.25) is 0 Å². The van der Waals surface area contributed by atoms with E-state index < -0.39 is 0 Å².